The molecule has 0 fully saturated rings. The number of hydrogen-bond acceptors (Lipinski definition) is 4. The fraction of sp³-hybridized carbons (Fsp3) is 0.150. The molecule has 1 heterocycles. The maximum absolute atomic E-state index is 13.8. The molecule has 0 unspecified atom stereocenters. The molecule has 6 nitrogen and oxygen atoms in total. The average molecular weight is 456 g/mol. The van der Waals surface area contributed by atoms with Crippen LogP contribution in [-0.4, -0.2) is 28.3 Å². The lowest BCUT2D eigenvalue weighted by Gasteiger charge is -2.13. The van der Waals surface area contributed by atoms with Crippen LogP contribution in [0.3, 0.4) is 0 Å². The van der Waals surface area contributed by atoms with Crippen molar-refractivity contribution in [1.82, 2.24) is 9.78 Å². The van der Waals surface area contributed by atoms with E-state index in [4.69, 9.17) is 11.6 Å². The predicted octanol–water partition coefficient (Wildman–Crippen LogP) is 5.11. The normalized spacial score (nSPS) is 11.3. The number of hydrogen-bond donors (Lipinski definition) is 1. The average Bonchev–Trinajstić information content (AvgIpc) is 3.16. The Labute approximate surface area is 178 Å². The van der Waals surface area contributed by atoms with E-state index in [-0.39, 0.29) is 28.6 Å². The minimum atomic E-state index is -4.89. The molecule has 0 aliphatic heterocycles. The summed E-state index contributed by atoms with van der Waals surface area (Å²) in [6.45, 7) is 1.37. The van der Waals surface area contributed by atoms with Gasteiger partial charge in [0.15, 0.2) is 5.69 Å². The number of carbonyl (C=O) groups is 2. The van der Waals surface area contributed by atoms with Gasteiger partial charge in [-0.2, -0.15) is 18.3 Å². The number of nitrogens with one attached hydrogen (secondary N) is 1. The quantitative estimate of drug-likeness (QED) is 0.428. The maximum Gasteiger partial charge on any atom is 0.434 e. The van der Waals surface area contributed by atoms with Crippen LogP contribution in [0.2, 0.25) is 5.02 Å². The number of rotatable bonds is 5. The van der Waals surface area contributed by atoms with Gasteiger partial charge in [0.25, 0.3) is 5.91 Å². The second-order valence-electron chi connectivity index (χ2n) is 6.16. The van der Waals surface area contributed by atoms with Crippen molar-refractivity contribution in [1.29, 1.82) is 0 Å². The molecule has 1 amide bonds. The van der Waals surface area contributed by atoms with E-state index in [2.05, 4.69) is 15.2 Å². The zero-order valence-corrected chi connectivity index (χ0v) is 16.6. The largest absolute Gasteiger partial charge is 0.462 e. The first kappa shape index (κ1) is 22.3. The number of ether oxygens (including phenoxy) is 1. The number of anilines is 1. The fourth-order valence-electron chi connectivity index (χ4n) is 2.71. The van der Waals surface area contributed by atoms with Gasteiger partial charge in [-0.3, -0.25) is 4.79 Å². The van der Waals surface area contributed by atoms with Crippen molar-refractivity contribution >= 4 is 29.2 Å². The molecule has 0 aliphatic rings. The molecule has 1 aromatic heterocycles. The van der Waals surface area contributed by atoms with E-state index in [1.807, 2.05) is 0 Å². The minimum Gasteiger partial charge on any atom is -0.462 e. The van der Waals surface area contributed by atoms with Gasteiger partial charge in [0, 0.05) is 10.6 Å². The van der Waals surface area contributed by atoms with Crippen LogP contribution in [0.25, 0.3) is 5.69 Å². The first-order valence-electron chi connectivity index (χ1n) is 8.81. The van der Waals surface area contributed by atoms with Crippen molar-refractivity contribution in [3.63, 3.8) is 0 Å². The molecule has 0 saturated carbocycles. The van der Waals surface area contributed by atoms with E-state index in [0.717, 1.165) is 12.3 Å². The summed E-state index contributed by atoms with van der Waals surface area (Å²) in [4.78, 5) is 24.2. The van der Waals surface area contributed by atoms with Crippen molar-refractivity contribution in [2.75, 3.05) is 11.9 Å². The standard InChI is InChI=1S/C20H14ClF4N3O3/c1-2-31-19(30)14-10-26-28(17(14)20(23,24)25)13-6-3-11(4-7-13)18(29)27-16-8-5-12(21)9-15(16)22/h3-10H,2H2,1H3,(H,27,29). The van der Waals surface area contributed by atoms with Gasteiger partial charge >= 0.3 is 12.1 Å². The topological polar surface area (TPSA) is 73.2 Å². The van der Waals surface area contributed by atoms with E-state index >= 15 is 0 Å². The molecule has 0 aliphatic carbocycles. The van der Waals surface area contributed by atoms with E-state index in [9.17, 15) is 27.2 Å². The molecule has 0 spiro atoms. The highest BCUT2D eigenvalue weighted by molar-refractivity contribution is 6.30. The van der Waals surface area contributed by atoms with Gasteiger partial charge in [0.05, 0.1) is 24.2 Å². The van der Waals surface area contributed by atoms with Gasteiger partial charge in [-0.1, -0.05) is 11.6 Å². The maximum atomic E-state index is 13.8. The molecule has 0 radical (unpaired) electrons. The Morgan fingerprint density at radius 1 is 1.16 bits per heavy atom. The molecule has 11 heteroatoms. The van der Waals surface area contributed by atoms with Crippen LogP contribution in [0.1, 0.15) is 33.3 Å². The minimum absolute atomic E-state index is 0.0444. The summed E-state index contributed by atoms with van der Waals surface area (Å²) in [5, 5.41) is 6.15. The number of benzene rings is 2. The Balaban J connectivity index is 1.89. The fourth-order valence-corrected chi connectivity index (χ4v) is 2.87. The van der Waals surface area contributed by atoms with Crippen LogP contribution in [0, 0.1) is 5.82 Å². The molecule has 0 saturated heterocycles. The zero-order chi connectivity index (χ0) is 22.8. The van der Waals surface area contributed by atoms with Crippen LogP contribution < -0.4 is 5.32 Å². The van der Waals surface area contributed by atoms with Gasteiger partial charge in [-0.15, -0.1) is 0 Å². The molecule has 0 atom stereocenters. The van der Waals surface area contributed by atoms with E-state index < -0.39 is 35.1 Å². The molecule has 0 bridgehead atoms. The van der Waals surface area contributed by atoms with Crippen molar-refractivity contribution < 1.29 is 31.9 Å². The first-order valence-corrected chi connectivity index (χ1v) is 9.18. The lowest BCUT2D eigenvalue weighted by Crippen LogP contribution is -2.18. The van der Waals surface area contributed by atoms with Crippen molar-refractivity contribution in [3.05, 3.63) is 76.3 Å². The summed E-state index contributed by atoms with van der Waals surface area (Å²) in [6.07, 6.45) is -4.12. The predicted molar refractivity (Wildman–Crippen MR) is 104 cm³/mol. The summed E-state index contributed by atoms with van der Waals surface area (Å²) in [6, 6.07) is 8.60. The highest BCUT2D eigenvalue weighted by Gasteiger charge is 2.41. The number of halogens is 5. The molecule has 3 aromatic rings. The van der Waals surface area contributed by atoms with Gasteiger partial charge in [0.1, 0.15) is 11.4 Å². The number of nitrogens with zero attached hydrogens (tertiary/aromatic N) is 2. The Morgan fingerprint density at radius 3 is 2.42 bits per heavy atom. The van der Waals surface area contributed by atoms with Gasteiger partial charge in [-0.05, 0) is 49.4 Å². The number of carbonyl (C=O) groups excluding carboxylic acids is 2. The van der Waals surface area contributed by atoms with Crippen LogP contribution >= 0.6 is 11.6 Å². The Morgan fingerprint density at radius 2 is 1.84 bits per heavy atom. The molecule has 1 N–H and O–H groups in total. The molecular weight excluding hydrogens is 442 g/mol. The summed E-state index contributed by atoms with van der Waals surface area (Å²) in [7, 11) is 0. The second-order valence-corrected chi connectivity index (χ2v) is 6.60. The number of aromatic nitrogens is 2. The summed E-state index contributed by atoms with van der Waals surface area (Å²) in [5.74, 6) is -2.58. The van der Waals surface area contributed by atoms with E-state index in [0.29, 0.717) is 4.68 Å². The molecule has 2 aromatic carbocycles. The lowest BCUT2D eigenvalue weighted by molar-refractivity contribution is -0.143. The van der Waals surface area contributed by atoms with Crippen molar-refractivity contribution in [3.8, 4) is 5.69 Å². The number of esters is 1. The monoisotopic (exact) mass is 455 g/mol. The van der Waals surface area contributed by atoms with Crippen molar-refractivity contribution in [2.24, 2.45) is 0 Å². The zero-order valence-electron chi connectivity index (χ0n) is 15.8. The van der Waals surface area contributed by atoms with Crippen LogP contribution in [0.15, 0.2) is 48.7 Å². The summed E-state index contributed by atoms with van der Waals surface area (Å²) in [5.41, 5.74) is -2.12. The molecule has 31 heavy (non-hydrogen) atoms. The first-order chi connectivity index (χ1) is 14.6. The van der Waals surface area contributed by atoms with Gasteiger partial charge in [0.2, 0.25) is 0 Å². The number of amides is 1. The Kier molecular flexibility index (Phi) is 6.30. The SMILES string of the molecule is CCOC(=O)c1cnn(-c2ccc(C(=O)Nc3ccc(Cl)cc3F)cc2)c1C(F)(F)F. The number of alkyl halides is 3. The molecule has 162 valence electrons. The van der Waals surface area contributed by atoms with Crippen LogP contribution in [0.4, 0.5) is 23.2 Å². The Bertz CT molecular complexity index is 1130. The van der Waals surface area contributed by atoms with Gasteiger partial charge in [-0.25, -0.2) is 13.9 Å². The van der Waals surface area contributed by atoms with E-state index in [1.165, 1.54) is 43.3 Å². The summed E-state index contributed by atoms with van der Waals surface area (Å²) < 4.78 is 59.7. The highest BCUT2D eigenvalue weighted by atomic mass is 35.5. The van der Waals surface area contributed by atoms with Crippen molar-refractivity contribution in [2.45, 2.75) is 13.1 Å². The van der Waals surface area contributed by atoms with Gasteiger partial charge < -0.3 is 10.1 Å². The highest BCUT2D eigenvalue weighted by Crippen LogP contribution is 2.34. The third-order valence-electron chi connectivity index (χ3n) is 4.09. The van der Waals surface area contributed by atoms with Crippen LogP contribution in [-0.2, 0) is 10.9 Å². The smallest absolute Gasteiger partial charge is 0.434 e. The Hall–Kier alpha value is -3.40. The van der Waals surface area contributed by atoms with E-state index in [1.54, 1.807) is 0 Å². The summed E-state index contributed by atoms with van der Waals surface area (Å²) >= 11 is 5.66. The molecular formula is C20H14ClF4N3O3. The third-order valence-corrected chi connectivity index (χ3v) is 4.32. The molecule has 3 rings (SSSR count). The third kappa shape index (κ3) is 4.85. The van der Waals surface area contributed by atoms with Crippen LogP contribution in [0.5, 0.6) is 0 Å². The lowest BCUT2D eigenvalue weighted by atomic mass is 10.1. The second kappa shape index (κ2) is 8.76.